The Morgan fingerprint density at radius 2 is 1.86 bits per heavy atom. The lowest BCUT2D eigenvalue weighted by Gasteiger charge is -2.30. The Kier molecular flexibility index (Phi) is 5.78. The van der Waals surface area contributed by atoms with Crippen LogP contribution >= 0.6 is 27.5 Å². The molecule has 1 aromatic carbocycles. The minimum absolute atomic E-state index is 0.0144. The molecule has 2 rings (SSSR count). The third-order valence-electron chi connectivity index (χ3n) is 3.60. The molecule has 0 aromatic heterocycles. The summed E-state index contributed by atoms with van der Waals surface area (Å²) < 4.78 is 12.4. The van der Waals surface area contributed by atoms with E-state index in [4.69, 9.17) is 21.1 Å². The van der Waals surface area contributed by atoms with Crippen LogP contribution in [0.4, 0.5) is 0 Å². The van der Waals surface area contributed by atoms with Crippen LogP contribution in [0.15, 0.2) is 22.7 Å². The van der Waals surface area contributed by atoms with E-state index < -0.39 is 5.60 Å². The molecule has 0 unspecified atom stereocenters. The lowest BCUT2D eigenvalue weighted by molar-refractivity contribution is -0.161. The van der Waals surface area contributed by atoms with Gasteiger partial charge in [0.1, 0.15) is 11.4 Å². The fourth-order valence-electron chi connectivity index (χ4n) is 2.55. The minimum atomic E-state index is -0.421. The summed E-state index contributed by atoms with van der Waals surface area (Å²) in [5.41, 5.74) is -0.421. The number of rotatable bonds is 3. The number of hydrogen-bond acceptors (Lipinski definition) is 3. The first-order chi connectivity index (χ1) is 10.2. The predicted octanol–water partition coefficient (Wildman–Crippen LogP) is 5.38. The number of esters is 1. The molecule has 5 heteroatoms. The molecule has 1 aliphatic carbocycles. The molecule has 22 heavy (non-hydrogen) atoms. The Balaban J connectivity index is 1.86. The highest BCUT2D eigenvalue weighted by molar-refractivity contribution is 9.10. The van der Waals surface area contributed by atoms with Gasteiger partial charge in [0.2, 0.25) is 0 Å². The number of carbonyl (C=O) groups excluding carboxylic acids is 1. The van der Waals surface area contributed by atoms with Crippen LogP contribution in [-0.4, -0.2) is 17.7 Å². The molecule has 0 amide bonds. The summed E-state index contributed by atoms with van der Waals surface area (Å²) in [6.07, 6.45) is 3.39. The molecule has 0 radical (unpaired) electrons. The van der Waals surface area contributed by atoms with Crippen LogP contribution in [0.25, 0.3) is 0 Å². The van der Waals surface area contributed by atoms with Gasteiger partial charge in [-0.05, 0) is 64.7 Å². The van der Waals surface area contributed by atoms with Crippen LogP contribution in [0.1, 0.15) is 46.5 Å². The smallest absolute Gasteiger partial charge is 0.309 e. The van der Waals surface area contributed by atoms with Gasteiger partial charge in [0.25, 0.3) is 0 Å². The lowest BCUT2D eigenvalue weighted by Crippen LogP contribution is -2.33. The Morgan fingerprint density at radius 3 is 2.41 bits per heavy atom. The van der Waals surface area contributed by atoms with Crippen molar-refractivity contribution in [2.45, 2.75) is 58.2 Å². The largest absolute Gasteiger partial charge is 0.489 e. The van der Waals surface area contributed by atoms with Gasteiger partial charge in [-0.2, -0.15) is 0 Å². The molecule has 0 aliphatic heterocycles. The lowest BCUT2D eigenvalue weighted by atomic mass is 9.87. The molecule has 0 atom stereocenters. The zero-order valence-corrected chi connectivity index (χ0v) is 15.5. The van der Waals surface area contributed by atoms with Gasteiger partial charge in [0.15, 0.2) is 0 Å². The topological polar surface area (TPSA) is 35.5 Å². The molecule has 0 spiro atoms. The normalized spacial score (nSPS) is 22.2. The van der Waals surface area contributed by atoms with Gasteiger partial charge in [-0.3, -0.25) is 4.79 Å². The molecular formula is C17H22BrClO3. The number of halogens is 2. The van der Waals surface area contributed by atoms with Crippen LogP contribution in [0.5, 0.6) is 5.75 Å². The summed E-state index contributed by atoms with van der Waals surface area (Å²) in [4.78, 5) is 12.1. The Morgan fingerprint density at radius 1 is 1.23 bits per heavy atom. The van der Waals surface area contributed by atoms with Crippen molar-refractivity contribution in [3.05, 3.63) is 27.7 Å². The molecule has 1 saturated carbocycles. The van der Waals surface area contributed by atoms with Gasteiger partial charge >= 0.3 is 5.97 Å². The molecule has 1 aromatic rings. The van der Waals surface area contributed by atoms with Crippen molar-refractivity contribution in [3.63, 3.8) is 0 Å². The minimum Gasteiger partial charge on any atom is -0.489 e. The second-order valence-electron chi connectivity index (χ2n) is 6.70. The highest BCUT2D eigenvalue weighted by atomic mass is 79.9. The predicted molar refractivity (Wildman–Crippen MR) is 91.4 cm³/mol. The van der Waals surface area contributed by atoms with Crippen molar-refractivity contribution in [2.75, 3.05) is 0 Å². The van der Waals surface area contributed by atoms with Crippen molar-refractivity contribution >= 4 is 33.5 Å². The van der Waals surface area contributed by atoms with E-state index in [2.05, 4.69) is 15.9 Å². The van der Waals surface area contributed by atoms with Crippen LogP contribution < -0.4 is 4.74 Å². The van der Waals surface area contributed by atoms with Crippen molar-refractivity contribution in [2.24, 2.45) is 5.92 Å². The molecule has 122 valence electrons. The van der Waals surface area contributed by atoms with E-state index in [1.165, 1.54) is 0 Å². The second kappa shape index (κ2) is 7.22. The maximum atomic E-state index is 12.1. The quantitative estimate of drug-likeness (QED) is 0.651. The standard InChI is InChI=1S/C17H22BrClO3/c1-17(2,3)22-16(20)11-4-7-13(8-5-11)21-15-9-6-12(18)10-14(15)19/h6,9-11,13H,4-5,7-8H2,1-3H3. The monoisotopic (exact) mass is 388 g/mol. The average Bonchev–Trinajstić information content (AvgIpc) is 2.41. The second-order valence-corrected chi connectivity index (χ2v) is 8.02. The van der Waals surface area contributed by atoms with E-state index in [1.807, 2.05) is 39.0 Å². The highest BCUT2D eigenvalue weighted by Gasteiger charge is 2.30. The summed E-state index contributed by atoms with van der Waals surface area (Å²) in [6.45, 7) is 5.69. The summed E-state index contributed by atoms with van der Waals surface area (Å²) in [7, 11) is 0. The summed E-state index contributed by atoms with van der Waals surface area (Å²) in [5, 5.41) is 0.601. The van der Waals surface area contributed by atoms with Crippen LogP contribution in [-0.2, 0) is 9.53 Å². The Hall–Kier alpha value is -0.740. The first-order valence-corrected chi connectivity index (χ1v) is 8.76. The van der Waals surface area contributed by atoms with E-state index in [0.29, 0.717) is 10.8 Å². The molecule has 0 heterocycles. The van der Waals surface area contributed by atoms with Crippen LogP contribution in [0.2, 0.25) is 5.02 Å². The van der Waals surface area contributed by atoms with E-state index >= 15 is 0 Å². The third kappa shape index (κ3) is 5.17. The number of benzene rings is 1. The molecule has 0 bridgehead atoms. The Labute approximate surface area is 145 Å². The van der Waals surface area contributed by atoms with Crippen LogP contribution in [0.3, 0.4) is 0 Å². The molecule has 0 N–H and O–H groups in total. The van der Waals surface area contributed by atoms with Crippen molar-refractivity contribution < 1.29 is 14.3 Å². The molecule has 1 fully saturated rings. The summed E-state index contributed by atoms with van der Waals surface area (Å²) in [6, 6.07) is 5.60. The third-order valence-corrected chi connectivity index (χ3v) is 4.39. The maximum Gasteiger partial charge on any atom is 0.309 e. The first-order valence-electron chi connectivity index (χ1n) is 7.59. The average molecular weight is 390 g/mol. The zero-order valence-electron chi connectivity index (χ0n) is 13.2. The van der Waals surface area contributed by atoms with Gasteiger partial charge in [-0.25, -0.2) is 0 Å². The fourth-order valence-corrected chi connectivity index (χ4v) is 3.27. The number of carbonyl (C=O) groups is 1. The van der Waals surface area contributed by atoms with E-state index in [-0.39, 0.29) is 18.0 Å². The Bertz CT molecular complexity index is 531. The van der Waals surface area contributed by atoms with Gasteiger partial charge in [-0.15, -0.1) is 0 Å². The first kappa shape index (κ1) is 17.6. The van der Waals surface area contributed by atoms with E-state index in [0.717, 1.165) is 30.2 Å². The van der Waals surface area contributed by atoms with E-state index in [9.17, 15) is 4.79 Å². The summed E-state index contributed by atoms with van der Waals surface area (Å²) >= 11 is 9.55. The van der Waals surface area contributed by atoms with Crippen molar-refractivity contribution in [3.8, 4) is 5.75 Å². The van der Waals surface area contributed by atoms with Crippen molar-refractivity contribution in [1.29, 1.82) is 0 Å². The van der Waals surface area contributed by atoms with Crippen molar-refractivity contribution in [1.82, 2.24) is 0 Å². The molecular weight excluding hydrogens is 368 g/mol. The van der Waals surface area contributed by atoms with Gasteiger partial charge in [-0.1, -0.05) is 27.5 Å². The zero-order chi connectivity index (χ0) is 16.3. The van der Waals surface area contributed by atoms with Gasteiger partial charge in [0.05, 0.1) is 17.0 Å². The number of ether oxygens (including phenoxy) is 2. The van der Waals surface area contributed by atoms with Crippen LogP contribution in [0, 0.1) is 5.92 Å². The van der Waals surface area contributed by atoms with Gasteiger partial charge < -0.3 is 9.47 Å². The van der Waals surface area contributed by atoms with E-state index in [1.54, 1.807) is 0 Å². The maximum absolute atomic E-state index is 12.1. The molecule has 3 nitrogen and oxygen atoms in total. The molecule has 0 saturated heterocycles. The molecule has 1 aliphatic rings. The summed E-state index contributed by atoms with van der Waals surface area (Å²) in [5.74, 6) is 0.595. The highest BCUT2D eigenvalue weighted by Crippen LogP contribution is 2.33. The van der Waals surface area contributed by atoms with Gasteiger partial charge in [0, 0.05) is 4.47 Å². The number of hydrogen-bond donors (Lipinski definition) is 0. The fraction of sp³-hybridized carbons (Fsp3) is 0.588. The SMILES string of the molecule is CC(C)(C)OC(=O)C1CCC(Oc2ccc(Br)cc2Cl)CC1.